The van der Waals surface area contributed by atoms with E-state index < -0.39 is 5.56 Å². The summed E-state index contributed by atoms with van der Waals surface area (Å²) < 4.78 is 7.32. The molecule has 0 atom stereocenters. The molecule has 4 aromatic carbocycles. The molecule has 0 fully saturated rings. The molecule has 0 aliphatic carbocycles. The molecule has 0 bridgehead atoms. The Balaban J connectivity index is 1.50. The summed E-state index contributed by atoms with van der Waals surface area (Å²) in [5.41, 5.74) is 3.19. The normalized spacial score (nSPS) is 10.7. The number of rotatable bonds is 8. The molecule has 1 amide bonds. The Morgan fingerprint density at radius 1 is 0.950 bits per heavy atom. The Kier molecular flexibility index (Phi) is 7.94. The summed E-state index contributed by atoms with van der Waals surface area (Å²) >= 11 is 6.38. The Bertz CT molecular complexity index is 1720. The number of anilines is 2. The minimum atomic E-state index is -0.462. The summed E-state index contributed by atoms with van der Waals surface area (Å²) in [7, 11) is 1.76. The number of benzene rings is 4. The molecule has 7 nitrogen and oxygen atoms in total. The molecule has 1 aromatic heterocycles. The Morgan fingerprint density at radius 3 is 2.48 bits per heavy atom. The van der Waals surface area contributed by atoms with Crippen LogP contribution in [0.15, 0.2) is 114 Å². The van der Waals surface area contributed by atoms with Crippen LogP contribution in [-0.2, 0) is 6.54 Å². The largest absolute Gasteiger partial charge is 0.453 e. The number of carbonyl (C=O) groups excluding carboxylic acids is 1. The van der Waals surface area contributed by atoms with E-state index in [-0.39, 0.29) is 17.3 Å². The molecule has 40 heavy (non-hydrogen) atoms. The molecule has 0 aliphatic rings. The standard InChI is InChI=1S/C32H27ClN4O3/c1-22-10-8-15-26(18-22)40-29-20-34-37(28-17-7-6-16-27(28)33)32(39)30(29)35-25-14-9-13-24(19-25)31(38)36(2)21-23-11-4-3-5-12-23/h3-20,35H,21H2,1-2H3. The lowest BCUT2D eigenvalue weighted by molar-refractivity contribution is 0.0785. The Hall–Kier alpha value is -4.88. The number of aromatic nitrogens is 2. The first-order chi connectivity index (χ1) is 19.4. The number of amides is 1. The molecule has 0 saturated carbocycles. The molecule has 200 valence electrons. The van der Waals surface area contributed by atoms with Gasteiger partial charge in [-0.05, 0) is 60.5 Å². The molecule has 0 saturated heterocycles. The molecule has 5 rings (SSSR count). The van der Waals surface area contributed by atoms with Crippen molar-refractivity contribution in [1.82, 2.24) is 14.7 Å². The van der Waals surface area contributed by atoms with Crippen LogP contribution in [0.25, 0.3) is 5.69 Å². The van der Waals surface area contributed by atoms with E-state index in [4.69, 9.17) is 16.3 Å². The van der Waals surface area contributed by atoms with Crippen molar-refractivity contribution >= 4 is 28.9 Å². The highest BCUT2D eigenvalue weighted by Gasteiger charge is 2.18. The zero-order valence-corrected chi connectivity index (χ0v) is 22.8. The number of nitrogens with zero attached hydrogens (tertiary/aromatic N) is 3. The summed E-state index contributed by atoms with van der Waals surface area (Å²) in [6.07, 6.45) is 1.47. The fourth-order valence-electron chi connectivity index (χ4n) is 4.26. The third-order valence-corrected chi connectivity index (χ3v) is 6.55. The van der Waals surface area contributed by atoms with Crippen molar-refractivity contribution < 1.29 is 9.53 Å². The van der Waals surface area contributed by atoms with E-state index in [2.05, 4.69) is 10.4 Å². The fraction of sp³-hybridized carbons (Fsp3) is 0.0938. The second-order valence-corrected chi connectivity index (χ2v) is 9.73. The van der Waals surface area contributed by atoms with E-state index in [1.807, 2.05) is 55.5 Å². The highest BCUT2D eigenvalue weighted by Crippen LogP contribution is 2.30. The maximum Gasteiger partial charge on any atom is 0.299 e. The van der Waals surface area contributed by atoms with Crippen molar-refractivity contribution in [3.05, 3.63) is 141 Å². The van der Waals surface area contributed by atoms with Gasteiger partial charge in [0.25, 0.3) is 11.5 Å². The van der Waals surface area contributed by atoms with Crippen LogP contribution in [0.5, 0.6) is 11.5 Å². The number of aryl methyl sites for hydroxylation is 1. The van der Waals surface area contributed by atoms with Crippen molar-refractivity contribution in [1.29, 1.82) is 0 Å². The van der Waals surface area contributed by atoms with Crippen LogP contribution in [0.2, 0.25) is 5.02 Å². The van der Waals surface area contributed by atoms with Crippen molar-refractivity contribution in [2.45, 2.75) is 13.5 Å². The van der Waals surface area contributed by atoms with Crippen molar-refractivity contribution in [2.24, 2.45) is 0 Å². The van der Waals surface area contributed by atoms with Gasteiger partial charge in [-0.1, -0.05) is 72.3 Å². The number of hydrogen-bond acceptors (Lipinski definition) is 5. The van der Waals surface area contributed by atoms with E-state index in [9.17, 15) is 9.59 Å². The zero-order valence-electron chi connectivity index (χ0n) is 22.0. The van der Waals surface area contributed by atoms with E-state index in [0.29, 0.717) is 34.3 Å². The van der Waals surface area contributed by atoms with Gasteiger partial charge in [-0.2, -0.15) is 9.78 Å². The molecular formula is C32H27ClN4O3. The maximum absolute atomic E-state index is 13.8. The van der Waals surface area contributed by atoms with Crippen molar-refractivity contribution in [3.63, 3.8) is 0 Å². The predicted octanol–water partition coefficient (Wildman–Crippen LogP) is 7.00. The van der Waals surface area contributed by atoms with E-state index in [0.717, 1.165) is 11.1 Å². The van der Waals surface area contributed by atoms with Gasteiger partial charge in [0.05, 0.1) is 16.9 Å². The van der Waals surface area contributed by atoms with Gasteiger partial charge in [-0.25, -0.2) is 0 Å². The van der Waals surface area contributed by atoms with Gasteiger partial charge in [-0.15, -0.1) is 0 Å². The SMILES string of the molecule is Cc1cccc(Oc2cnn(-c3ccccc3Cl)c(=O)c2Nc2cccc(C(=O)N(C)Cc3ccccc3)c2)c1. The predicted molar refractivity (Wildman–Crippen MR) is 158 cm³/mol. The molecule has 8 heteroatoms. The molecule has 0 unspecified atom stereocenters. The zero-order chi connectivity index (χ0) is 28.1. The average molecular weight is 551 g/mol. The van der Waals surface area contributed by atoms with Gasteiger partial charge in [-0.3, -0.25) is 9.59 Å². The summed E-state index contributed by atoms with van der Waals surface area (Å²) in [4.78, 5) is 28.6. The maximum atomic E-state index is 13.8. The number of nitrogens with one attached hydrogen (secondary N) is 1. The first kappa shape index (κ1) is 26.7. The summed E-state index contributed by atoms with van der Waals surface area (Å²) in [5.74, 6) is 0.648. The first-order valence-corrected chi connectivity index (χ1v) is 13.0. The summed E-state index contributed by atoms with van der Waals surface area (Å²) in [6, 6.07) is 31.2. The fourth-order valence-corrected chi connectivity index (χ4v) is 4.47. The topological polar surface area (TPSA) is 76.5 Å². The second-order valence-electron chi connectivity index (χ2n) is 9.32. The van der Waals surface area contributed by atoms with Crippen LogP contribution >= 0.6 is 11.6 Å². The molecule has 1 N–H and O–H groups in total. The third kappa shape index (κ3) is 6.06. The lowest BCUT2D eigenvalue weighted by Gasteiger charge is -2.18. The van der Waals surface area contributed by atoms with Gasteiger partial charge in [0.1, 0.15) is 5.75 Å². The van der Waals surface area contributed by atoms with Crippen LogP contribution in [0, 0.1) is 6.92 Å². The van der Waals surface area contributed by atoms with Gasteiger partial charge in [0, 0.05) is 24.8 Å². The van der Waals surface area contributed by atoms with Gasteiger partial charge in [0.2, 0.25) is 0 Å². The number of carbonyl (C=O) groups is 1. The smallest absolute Gasteiger partial charge is 0.299 e. The van der Waals surface area contributed by atoms with Crippen LogP contribution in [0.3, 0.4) is 0 Å². The summed E-state index contributed by atoms with van der Waals surface area (Å²) in [5, 5.41) is 7.89. The van der Waals surface area contributed by atoms with Gasteiger partial charge >= 0.3 is 0 Å². The monoisotopic (exact) mass is 550 g/mol. The Morgan fingerprint density at radius 2 is 1.70 bits per heavy atom. The van der Waals surface area contributed by atoms with Gasteiger partial charge < -0.3 is 15.0 Å². The molecule has 0 spiro atoms. The highest BCUT2D eigenvalue weighted by molar-refractivity contribution is 6.32. The minimum Gasteiger partial charge on any atom is -0.453 e. The van der Waals surface area contributed by atoms with E-state index >= 15 is 0 Å². The molecular weight excluding hydrogens is 524 g/mol. The number of ether oxygens (including phenoxy) is 1. The third-order valence-electron chi connectivity index (χ3n) is 6.23. The Labute approximate surface area is 237 Å². The van der Waals surface area contributed by atoms with Crippen LogP contribution < -0.4 is 15.6 Å². The van der Waals surface area contributed by atoms with Crippen LogP contribution in [-0.4, -0.2) is 27.6 Å². The minimum absolute atomic E-state index is 0.146. The van der Waals surface area contributed by atoms with Crippen molar-refractivity contribution in [2.75, 3.05) is 12.4 Å². The van der Waals surface area contributed by atoms with Crippen LogP contribution in [0.1, 0.15) is 21.5 Å². The lowest BCUT2D eigenvalue weighted by atomic mass is 10.1. The average Bonchev–Trinajstić information content (AvgIpc) is 2.96. The lowest BCUT2D eigenvalue weighted by Crippen LogP contribution is -2.26. The summed E-state index contributed by atoms with van der Waals surface area (Å²) in [6.45, 7) is 2.43. The van der Waals surface area contributed by atoms with E-state index in [1.54, 1.807) is 66.5 Å². The number of para-hydroxylation sites is 1. The van der Waals surface area contributed by atoms with Gasteiger partial charge in [0.15, 0.2) is 11.4 Å². The quantitative estimate of drug-likeness (QED) is 0.225. The van der Waals surface area contributed by atoms with Crippen LogP contribution in [0.4, 0.5) is 11.4 Å². The number of halogens is 1. The van der Waals surface area contributed by atoms with Crippen molar-refractivity contribution in [3.8, 4) is 17.2 Å². The second kappa shape index (κ2) is 11.9. The molecule has 0 radical (unpaired) electrons. The highest BCUT2D eigenvalue weighted by atomic mass is 35.5. The molecule has 1 heterocycles. The molecule has 0 aliphatic heterocycles. The first-order valence-electron chi connectivity index (χ1n) is 12.7. The number of hydrogen-bond donors (Lipinski definition) is 1. The van der Waals surface area contributed by atoms with E-state index in [1.165, 1.54) is 10.9 Å². The molecule has 5 aromatic rings.